The molecule has 0 aliphatic heterocycles. The topological polar surface area (TPSA) is 55.2 Å². The van der Waals surface area contributed by atoms with Gasteiger partial charge in [-0.25, -0.2) is 5.10 Å². The summed E-state index contributed by atoms with van der Waals surface area (Å²) >= 11 is 5.23. The first kappa shape index (κ1) is 16.1. The van der Waals surface area contributed by atoms with Crippen molar-refractivity contribution in [2.45, 2.75) is 20.0 Å². The van der Waals surface area contributed by atoms with Gasteiger partial charge in [-0.15, -0.1) is 0 Å². The predicted molar refractivity (Wildman–Crippen MR) is 97.0 cm³/mol. The Morgan fingerprint density at radius 3 is 2.62 bits per heavy atom. The van der Waals surface area contributed by atoms with E-state index in [-0.39, 0.29) is 6.61 Å². The number of para-hydroxylation sites is 1. The molecule has 24 heavy (non-hydrogen) atoms. The van der Waals surface area contributed by atoms with Crippen LogP contribution in [0.1, 0.15) is 23.9 Å². The van der Waals surface area contributed by atoms with E-state index in [1.54, 1.807) is 10.9 Å². The molecule has 6 heteroatoms. The van der Waals surface area contributed by atoms with Crippen molar-refractivity contribution in [1.29, 1.82) is 0 Å². The Hall–Kier alpha value is -2.73. The van der Waals surface area contributed by atoms with Gasteiger partial charge in [0.2, 0.25) is 4.77 Å². The molecule has 0 amide bonds. The van der Waals surface area contributed by atoms with E-state index in [4.69, 9.17) is 17.0 Å². The number of hydrogen-bond acceptors (Lipinski definition) is 4. The SMILES string of the molecule is CCc1ccc(/C=N/n2c(COc3ccccc3)n[nH]c2=S)cc1. The molecular formula is C18H18N4OS. The summed E-state index contributed by atoms with van der Waals surface area (Å²) in [4.78, 5) is 0. The highest BCUT2D eigenvalue weighted by Crippen LogP contribution is 2.11. The van der Waals surface area contributed by atoms with Crippen molar-refractivity contribution in [3.8, 4) is 5.75 Å². The van der Waals surface area contributed by atoms with Gasteiger partial charge in [0.05, 0.1) is 6.21 Å². The molecule has 0 unspecified atom stereocenters. The molecule has 2 aromatic carbocycles. The van der Waals surface area contributed by atoms with Gasteiger partial charge in [0.25, 0.3) is 0 Å². The summed E-state index contributed by atoms with van der Waals surface area (Å²) in [5.41, 5.74) is 2.30. The number of nitrogens with one attached hydrogen (secondary N) is 1. The van der Waals surface area contributed by atoms with Gasteiger partial charge in [-0.05, 0) is 41.9 Å². The molecule has 1 N–H and O–H groups in total. The zero-order valence-corrected chi connectivity index (χ0v) is 14.2. The van der Waals surface area contributed by atoms with Gasteiger partial charge in [-0.2, -0.15) is 14.9 Å². The van der Waals surface area contributed by atoms with Gasteiger partial charge < -0.3 is 4.74 Å². The first-order chi connectivity index (χ1) is 11.8. The molecule has 0 radical (unpaired) electrons. The molecule has 0 saturated carbocycles. The van der Waals surface area contributed by atoms with Gasteiger partial charge >= 0.3 is 0 Å². The largest absolute Gasteiger partial charge is 0.486 e. The van der Waals surface area contributed by atoms with Crippen LogP contribution in [0.2, 0.25) is 0 Å². The van der Waals surface area contributed by atoms with Crippen molar-refractivity contribution in [3.05, 3.63) is 76.3 Å². The van der Waals surface area contributed by atoms with Crippen LogP contribution >= 0.6 is 12.2 Å². The normalized spacial score (nSPS) is 11.0. The van der Waals surface area contributed by atoms with E-state index in [0.717, 1.165) is 17.7 Å². The second kappa shape index (κ2) is 7.70. The molecule has 0 fully saturated rings. The van der Waals surface area contributed by atoms with Gasteiger partial charge in [0, 0.05) is 0 Å². The third kappa shape index (κ3) is 3.97. The molecule has 1 heterocycles. The smallest absolute Gasteiger partial charge is 0.216 e. The van der Waals surface area contributed by atoms with Gasteiger partial charge in [-0.1, -0.05) is 49.4 Å². The number of aromatic nitrogens is 3. The van der Waals surface area contributed by atoms with Crippen LogP contribution in [0, 0.1) is 4.77 Å². The van der Waals surface area contributed by atoms with E-state index in [2.05, 4.69) is 34.4 Å². The van der Waals surface area contributed by atoms with Crippen molar-refractivity contribution < 1.29 is 4.74 Å². The quantitative estimate of drug-likeness (QED) is 0.547. The Balaban J connectivity index is 1.74. The molecule has 3 rings (SSSR count). The fourth-order valence-electron chi connectivity index (χ4n) is 2.17. The highest BCUT2D eigenvalue weighted by atomic mass is 32.1. The summed E-state index contributed by atoms with van der Waals surface area (Å²) in [5.74, 6) is 1.39. The summed E-state index contributed by atoms with van der Waals surface area (Å²) in [6, 6.07) is 17.8. The molecule has 5 nitrogen and oxygen atoms in total. The van der Waals surface area contributed by atoms with Gasteiger partial charge in [0.1, 0.15) is 12.4 Å². The van der Waals surface area contributed by atoms with E-state index < -0.39 is 0 Å². The third-order valence-electron chi connectivity index (χ3n) is 3.54. The van der Waals surface area contributed by atoms with E-state index in [1.165, 1.54) is 5.56 Å². The summed E-state index contributed by atoms with van der Waals surface area (Å²) in [6.45, 7) is 2.41. The average Bonchev–Trinajstić information content (AvgIpc) is 2.99. The van der Waals surface area contributed by atoms with E-state index in [0.29, 0.717) is 10.6 Å². The zero-order chi connectivity index (χ0) is 16.8. The lowest BCUT2D eigenvalue weighted by Crippen LogP contribution is -2.04. The molecule has 0 saturated heterocycles. The van der Waals surface area contributed by atoms with Crippen LogP contribution < -0.4 is 4.74 Å². The highest BCUT2D eigenvalue weighted by molar-refractivity contribution is 7.71. The Bertz CT molecular complexity index is 866. The van der Waals surface area contributed by atoms with Crippen molar-refractivity contribution in [2.24, 2.45) is 5.10 Å². The second-order valence-corrected chi connectivity index (χ2v) is 5.58. The first-order valence-electron chi connectivity index (χ1n) is 7.73. The maximum Gasteiger partial charge on any atom is 0.216 e. The maximum atomic E-state index is 5.70. The molecule has 0 bridgehead atoms. The number of hydrogen-bond donors (Lipinski definition) is 1. The summed E-state index contributed by atoms with van der Waals surface area (Å²) in [6.07, 6.45) is 2.78. The van der Waals surface area contributed by atoms with Gasteiger partial charge in [0.15, 0.2) is 5.82 Å². The number of aromatic amines is 1. The summed E-state index contributed by atoms with van der Waals surface area (Å²) in [5, 5.41) is 11.3. The predicted octanol–water partition coefficient (Wildman–Crippen LogP) is 3.96. The molecule has 3 aromatic rings. The fourth-order valence-corrected chi connectivity index (χ4v) is 2.36. The summed E-state index contributed by atoms with van der Waals surface area (Å²) < 4.78 is 7.71. The highest BCUT2D eigenvalue weighted by Gasteiger charge is 2.06. The van der Waals surface area contributed by atoms with Crippen molar-refractivity contribution >= 4 is 18.4 Å². The summed E-state index contributed by atoms with van der Waals surface area (Å²) in [7, 11) is 0. The number of nitrogens with zero attached hydrogens (tertiary/aromatic N) is 3. The van der Waals surface area contributed by atoms with E-state index in [1.807, 2.05) is 42.5 Å². The molecule has 0 spiro atoms. The zero-order valence-electron chi connectivity index (χ0n) is 13.3. The minimum absolute atomic E-state index is 0.281. The number of aryl methyl sites for hydroxylation is 1. The van der Waals surface area contributed by atoms with Gasteiger partial charge in [-0.3, -0.25) is 0 Å². The van der Waals surface area contributed by atoms with Crippen molar-refractivity contribution in [3.63, 3.8) is 0 Å². The Kier molecular flexibility index (Phi) is 5.18. The molecule has 1 aromatic heterocycles. The lowest BCUT2D eigenvalue weighted by molar-refractivity contribution is 0.290. The van der Waals surface area contributed by atoms with Crippen LogP contribution in [0.5, 0.6) is 5.75 Å². The molecule has 0 aliphatic carbocycles. The lowest BCUT2D eigenvalue weighted by Gasteiger charge is -2.05. The fraction of sp³-hybridized carbons (Fsp3) is 0.167. The van der Waals surface area contributed by atoms with Crippen LogP contribution in [0.3, 0.4) is 0 Å². The monoisotopic (exact) mass is 338 g/mol. The Morgan fingerprint density at radius 2 is 1.92 bits per heavy atom. The Morgan fingerprint density at radius 1 is 1.17 bits per heavy atom. The van der Waals surface area contributed by atoms with Crippen LogP contribution in [-0.2, 0) is 13.0 Å². The van der Waals surface area contributed by atoms with Crippen molar-refractivity contribution in [2.75, 3.05) is 0 Å². The lowest BCUT2D eigenvalue weighted by atomic mass is 10.1. The molecule has 122 valence electrons. The maximum absolute atomic E-state index is 5.70. The number of H-pyrrole nitrogens is 1. The van der Waals surface area contributed by atoms with E-state index in [9.17, 15) is 0 Å². The third-order valence-corrected chi connectivity index (χ3v) is 3.80. The van der Waals surface area contributed by atoms with Crippen molar-refractivity contribution in [1.82, 2.24) is 14.9 Å². The molecule has 0 aliphatic rings. The minimum atomic E-state index is 0.281. The van der Waals surface area contributed by atoms with Crippen LogP contribution in [0.4, 0.5) is 0 Å². The first-order valence-corrected chi connectivity index (χ1v) is 8.14. The molecular weight excluding hydrogens is 320 g/mol. The van der Waals surface area contributed by atoms with Crippen LogP contribution in [0.15, 0.2) is 59.7 Å². The Labute approximate surface area is 145 Å². The average molecular weight is 338 g/mol. The number of ether oxygens (including phenoxy) is 1. The van der Waals surface area contributed by atoms with Crippen LogP contribution in [0.25, 0.3) is 0 Å². The number of benzene rings is 2. The standard InChI is InChI=1S/C18H18N4OS/c1-2-14-8-10-15(11-9-14)12-19-22-17(20-21-18(22)24)13-23-16-6-4-3-5-7-16/h3-12H,2,13H2,1H3,(H,21,24)/b19-12+. The molecule has 0 atom stereocenters. The van der Waals surface area contributed by atoms with E-state index >= 15 is 0 Å². The minimum Gasteiger partial charge on any atom is -0.486 e. The van der Waals surface area contributed by atoms with Crippen LogP contribution in [-0.4, -0.2) is 21.1 Å². The second-order valence-electron chi connectivity index (χ2n) is 5.20. The number of rotatable bonds is 6.